The summed E-state index contributed by atoms with van der Waals surface area (Å²) in [6.07, 6.45) is 2.42. The number of carbonyl (C=O) groups is 1. The van der Waals surface area contributed by atoms with Gasteiger partial charge in [0.05, 0.1) is 31.7 Å². The largest absolute Gasteiger partial charge is 0.394 e. The maximum atomic E-state index is 12.1. The first-order chi connectivity index (χ1) is 8.74. The maximum Gasteiger partial charge on any atom is 0.274 e. The minimum Gasteiger partial charge on any atom is -0.394 e. The van der Waals surface area contributed by atoms with Gasteiger partial charge in [-0.3, -0.25) is 4.79 Å². The number of anilines is 1. The number of rotatable bonds is 3. The van der Waals surface area contributed by atoms with Crippen LogP contribution in [-0.2, 0) is 4.74 Å². The molecule has 2 heterocycles. The van der Waals surface area contributed by atoms with E-state index in [1.54, 1.807) is 4.90 Å². The van der Waals surface area contributed by atoms with Crippen molar-refractivity contribution in [3.05, 3.63) is 18.1 Å². The van der Waals surface area contributed by atoms with Crippen LogP contribution in [0.25, 0.3) is 0 Å². The van der Waals surface area contributed by atoms with E-state index in [1.807, 2.05) is 0 Å². The van der Waals surface area contributed by atoms with Crippen LogP contribution in [-0.4, -0.2) is 58.3 Å². The number of ether oxygens (including phenoxy) is 1. The van der Waals surface area contributed by atoms with Crippen LogP contribution in [0.1, 0.15) is 10.5 Å². The summed E-state index contributed by atoms with van der Waals surface area (Å²) in [6, 6.07) is 0. The molecule has 0 aromatic carbocycles. The molecule has 1 fully saturated rings. The van der Waals surface area contributed by atoms with Crippen LogP contribution in [0.5, 0.6) is 0 Å². The van der Waals surface area contributed by atoms with Crippen molar-refractivity contribution in [1.29, 1.82) is 0 Å². The Morgan fingerprint density at radius 1 is 1.61 bits per heavy atom. The van der Waals surface area contributed by atoms with Gasteiger partial charge in [-0.25, -0.2) is 15.8 Å². The Hall–Kier alpha value is -1.77. The van der Waals surface area contributed by atoms with E-state index < -0.39 is 0 Å². The number of aliphatic hydroxyl groups excluding tert-OH is 1. The van der Waals surface area contributed by atoms with Crippen LogP contribution < -0.4 is 11.3 Å². The van der Waals surface area contributed by atoms with Crippen LogP contribution in [0.4, 0.5) is 5.82 Å². The zero-order chi connectivity index (χ0) is 13.0. The third-order valence-electron chi connectivity index (χ3n) is 2.65. The fourth-order valence-electron chi connectivity index (χ4n) is 1.69. The zero-order valence-electron chi connectivity index (χ0n) is 9.74. The van der Waals surface area contributed by atoms with E-state index >= 15 is 0 Å². The maximum absolute atomic E-state index is 12.1. The SMILES string of the molecule is NNc1cnc(C(=O)N2CCOC(CO)C2)cn1. The highest BCUT2D eigenvalue weighted by molar-refractivity contribution is 5.92. The fraction of sp³-hybridized carbons (Fsp3) is 0.500. The lowest BCUT2D eigenvalue weighted by Crippen LogP contribution is -2.47. The number of aliphatic hydroxyl groups is 1. The van der Waals surface area contributed by atoms with Crippen LogP contribution >= 0.6 is 0 Å². The average Bonchev–Trinajstić information content (AvgIpc) is 2.46. The Morgan fingerprint density at radius 3 is 3.06 bits per heavy atom. The van der Waals surface area contributed by atoms with Crippen LogP contribution in [0.2, 0.25) is 0 Å². The second-order valence-electron chi connectivity index (χ2n) is 3.86. The summed E-state index contributed by atoms with van der Waals surface area (Å²) in [6.45, 7) is 1.14. The summed E-state index contributed by atoms with van der Waals surface area (Å²) in [5.74, 6) is 5.32. The highest BCUT2D eigenvalue weighted by atomic mass is 16.5. The van der Waals surface area contributed by atoms with Crippen molar-refractivity contribution in [3.8, 4) is 0 Å². The van der Waals surface area contributed by atoms with Gasteiger partial charge in [-0.2, -0.15) is 0 Å². The van der Waals surface area contributed by atoms with Crippen molar-refractivity contribution >= 4 is 11.7 Å². The summed E-state index contributed by atoms with van der Waals surface area (Å²) in [4.78, 5) is 21.6. The van der Waals surface area contributed by atoms with E-state index in [0.29, 0.717) is 25.5 Å². The highest BCUT2D eigenvalue weighted by Gasteiger charge is 2.25. The standard InChI is InChI=1S/C10H15N5O3/c11-14-9-4-12-8(3-13-9)10(17)15-1-2-18-7(5-15)6-16/h3-4,7,16H,1-2,5-6,11H2,(H,13,14). The van der Waals surface area contributed by atoms with Gasteiger partial charge in [0.25, 0.3) is 5.91 Å². The minimum absolute atomic E-state index is 0.106. The number of hydrogen-bond donors (Lipinski definition) is 3. The van der Waals surface area contributed by atoms with Gasteiger partial charge in [0, 0.05) is 13.1 Å². The van der Waals surface area contributed by atoms with Crippen molar-refractivity contribution in [1.82, 2.24) is 14.9 Å². The Bertz CT molecular complexity index is 410. The van der Waals surface area contributed by atoms with Crippen molar-refractivity contribution in [2.24, 2.45) is 5.84 Å². The normalized spacial score (nSPS) is 19.7. The van der Waals surface area contributed by atoms with Crippen LogP contribution in [0.3, 0.4) is 0 Å². The van der Waals surface area contributed by atoms with Crippen LogP contribution in [0.15, 0.2) is 12.4 Å². The molecule has 0 saturated carbocycles. The molecule has 1 atom stereocenters. The molecular weight excluding hydrogens is 238 g/mol. The van der Waals surface area contributed by atoms with Crippen molar-refractivity contribution < 1.29 is 14.6 Å². The molecule has 4 N–H and O–H groups in total. The van der Waals surface area contributed by atoms with Gasteiger partial charge >= 0.3 is 0 Å². The van der Waals surface area contributed by atoms with Gasteiger partial charge in [-0.15, -0.1) is 0 Å². The first-order valence-electron chi connectivity index (χ1n) is 5.55. The molecule has 0 spiro atoms. The molecule has 1 aliphatic rings. The van der Waals surface area contributed by atoms with E-state index in [1.165, 1.54) is 12.4 Å². The molecular formula is C10H15N5O3. The molecule has 1 aromatic heterocycles. The molecule has 0 radical (unpaired) electrons. The van der Waals surface area contributed by atoms with Crippen molar-refractivity contribution in [2.45, 2.75) is 6.10 Å². The second-order valence-corrected chi connectivity index (χ2v) is 3.86. The molecule has 0 aliphatic carbocycles. The summed E-state index contributed by atoms with van der Waals surface area (Å²) in [7, 11) is 0. The topological polar surface area (TPSA) is 114 Å². The summed E-state index contributed by atoms with van der Waals surface area (Å²) < 4.78 is 5.27. The molecule has 1 unspecified atom stereocenters. The average molecular weight is 253 g/mol. The molecule has 1 amide bonds. The molecule has 1 aliphatic heterocycles. The lowest BCUT2D eigenvalue weighted by atomic mass is 10.2. The third kappa shape index (κ3) is 2.73. The first kappa shape index (κ1) is 12.7. The quantitative estimate of drug-likeness (QED) is 0.448. The number of nitrogens with two attached hydrogens (primary N) is 1. The number of nitrogens with one attached hydrogen (secondary N) is 1. The molecule has 18 heavy (non-hydrogen) atoms. The number of aromatic nitrogens is 2. The molecule has 2 rings (SSSR count). The van der Waals surface area contributed by atoms with Crippen molar-refractivity contribution in [3.63, 3.8) is 0 Å². The van der Waals surface area contributed by atoms with Crippen LogP contribution in [0, 0.1) is 0 Å². The van der Waals surface area contributed by atoms with E-state index in [0.717, 1.165) is 0 Å². The van der Waals surface area contributed by atoms with Gasteiger partial charge in [-0.1, -0.05) is 0 Å². The second kappa shape index (κ2) is 5.71. The van der Waals surface area contributed by atoms with Gasteiger partial charge < -0.3 is 20.2 Å². The monoisotopic (exact) mass is 253 g/mol. The number of morpholine rings is 1. The predicted octanol–water partition coefficient (Wildman–Crippen LogP) is -1.40. The van der Waals surface area contributed by atoms with E-state index in [4.69, 9.17) is 15.7 Å². The van der Waals surface area contributed by atoms with Gasteiger partial charge in [-0.05, 0) is 0 Å². The van der Waals surface area contributed by atoms with Crippen molar-refractivity contribution in [2.75, 3.05) is 31.7 Å². The molecule has 1 aromatic rings. The van der Waals surface area contributed by atoms with E-state index in [-0.39, 0.29) is 24.3 Å². The Labute approximate surface area is 104 Å². The smallest absolute Gasteiger partial charge is 0.274 e. The van der Waals surface area contributed by atoms with E-state index in [2.05, 4.69) is 15.4 Å². The van der Waals surface area contributed by atoms with Gasteiger partial charge in [0.15, 0.2) is 5.82 Å². The van der Waals surface area contributed by atoms with Gasteiger partial charge in [0.1, 0.15) is 5.69 Å². The summed E-state index contributed by atoms with van der Waals surface area (Å²) in [5, 5.41) is 9.02. The molecule has 1 saturated heterocycles. The predicted molar refractivity (Wildman–Crippen MR) is 62.6 cm³/mol. The summed E-state index contributed by atoms with van der Waals surface area (Å²) >= 11 is 0. The molecule has 8 heteroatoms. The third-order valence-corrected chi connectivity index (χ3v) is 2.65. The summed E-state index contributed by atoms with van der Waals surface area (Å²) in [5.41, 5.74) is 2.58. The van der Waals surface area contributed by atoms with E-state index in [9.17, 15) is 4.79 Å². The Balaban J connectivity index is 2.05. The molecule has 8 nitrogen and oxygen atoms in total. The molecule has 98 valence electrons. The van der Waals surface area contributed by atoms with Gasteiger partial charge in [0.2, 0.25) is 0 Å². The molecule has 0 bridgehead atoms. The number of hydrazine groups is 1. The lowest BCUT2D eigenvalue weighted by Gasteiger charge is -2.31. The Kier molecular flexibility index (Phi) is 4.03. The fourth-order valence-corrected chi connectivity index (χ4v) is 1.69. The number of hydrogen-bond acceptors (Lipinski definition) is 7. The lowest BCUT2D eigenvalue weighted by molar-refractivity contribution is -0.0448. The number of nitrogen functional groups attached to an aromatic ring is 1. The Morgan fingerprint density at radius 2 is 2.44 bits per heavy atom. The number of carbonyl (C=O) groups excluding carboxylic acids is 1. The minimum atomic E-state index is -0.333. The highest BCUT2D eigenvalue weighted by Crippen LogP contribution is 2.09. The number of nitrogens with zero attached hydrogens (tertiary/aromatic N) is 3. The number of amides is 1. The zero-order valence-corrected chi connectivity index (χ0v) is 9.74. The first-order valence-corrected chi connectivity index (χ1v) is 5.55.